The molecule has 28 heavy (non-hydrogen) atoms. The summed E-state index contributed by atoms with van der Waals surface area (Å²) in [6, 6.07) is 17.6. The molecule has 6 heteroatoms. The molecule has 0 N–H and O–H groups in total. The van der Waals surface area contributed by atoms with E-state index in [1.165, 1.54) is 10.9 Å². The third-order valence-electron chi connectivity index (χ3n) is 5.16. The van der Waals surface area contributed by atoms with E-state index in [2.05, 4.69) is 4.98 Å². The fraction of sp³-hybridized carbons (Fsp3) is 0.227. The van der Waals surface area contributed by atoms with Gasteiger partial charge in [-0.15, -0.1) is 0 Å². The molecule has 0 spiro atoms. The van der Waals surface area contributed by atoms with Gasteiger partial charge in [-0.1, -0.05) is 42.5 Å². The minimum atomic E-state index is -0.329. The molecular weight excluding hydrogens is 354 g/mol. The van der Waals surface area contributed by atoms with Gasteiger partial charge < -0.3 is 9.32 Å². The van der Waals surface area contributed by atoms with Crippen molar-refractivity contribution in [3.63, 3.8) is 0 Å². The summed E-state index contributed by atoms with van der Waals surface area (Å²) in [7, 11) is 0. The number of aromatic nitrogens is 2. The van der Waals surface area contributed by atoms with Crippen LogP contribution >= 0.6 is 0 Å². The van der Waals surface area contributed by atoms with Crippen LogP contribution < -0.4 is 5.56 Å². The van der Waals surface area contributed by atoms with Gasteiger partial charge in [0.05, 0.1) is 6.33 Å². The largest absolute Gasteiger partial charge is 0.448 e. The Labute approximate surface area is 161 Å². The van der Waals surface area contributed by atoms with Crippen LogP contribution in [0.3, 0.4) is 0 Å². The number of amides is 1. The van der Waals surface area contributed by atoms with Crippen LogP contribution in [0.4, 0.5) is 0 Å². The van der Waals surface area contributed by atoms with Crippen molar-refractivity contribution >= 4 is 28.0 Å². The SMILES string of the molecule is O=C(Cn1cnc2c(oc3ccccc32)c1=O)N(Cc1ccccc1)C1CC1. The maximum absolute atomic E-state index is 13.0. The molecule has 2 aromatic heterocycles. The van der Waals surface area contributed by atoms with Crippen LogP contribution in [-0.2, 0) is 17.9 Å². The first-order valence-electron chi connectivity index (χ1n) is 9.41. The zero-order chi connectivity index (χ0) is 19.1. The molecule has 140 valence electrons. The molecule has 2 aromatic carbocycles. The molecule has 1 fully saturated rings. The molecular formula is C22H19N3O3. The van der Waals surface area contributed by atoms with Crippen LogP contribution in [0.15, 0.2) is 70.1 Å². The van der Waals surface area contributed by atoms with Crippen LogP contribution in [0, 0.1) is 0 Å². The van der Waals surface area contributed by atoms with Gasteiger partial charge in [0.2, 0.25) is 11.5 Å². The summed E-state index contributed by atoms with van der Waals surface area (Å²) in [6.07, 6.45) is 3.46. The van der Waals surface area contributed by atoms with Crippen molar-refractivity contribution in [2.45, 2.75) is 32.0 Å². The number of carbonyl (C=O) groups excluding carboxylic acids is 1. The molecule has 5 rings (SSSR count). The van der Waals surface area contributed by atoms with Gasteiger partial charge >= 0.3 is 0 Å². The summed E-state index contributed by atoms with van der Waals surface area (Å²) in [5.41, 5.74) is 2.10. The van der Waals surface area contributed by atoms with Gasteiger partial charge in [0, 0.05) is 18.0 Å². The number of carbonyl (C=O) groups is 1. The van der Waals surface area contributed by atoms with Crippen molar-refractivity contribution in [3.8, 4) is 0 Å². The quantitative estimate of drug-likeness (QED) is 0.538. The number of rotatable bonds is 5. The van der Waals surface area contributed by atoms with E-state index in [4.69, 9.17) is 4.42 Å². The summed E-state index contributed by atoms with van der Waals surface area (Å²) in [6.45, 7) is 0.515. The summed E-state index contributed by atoms with van der Waals surface area (Å²) in [5, 5.41) is 0.803. The second kappa shape index (κ2) is 6.64. The zero-order valence-corrected chi connectivity index (χ0v) is 15.2. The number of para-hydroxylation sites is 1. The van der Waals surface area contributed by atoms with Gasteiger partial charge in [-0.2, -0.15) is 0 Å². The predicted octanol–water partition coefficient (Wildman–Crippen LogP) is 3.33. The number of fused-ring (bicyclic) bond motifs is 3. The molecule has 0 aliphatic heterocycles. The lowest BCUT2D eigenvalue weighted by molar-refractivity contribution is -0.133. The van der Waals surface area contributed by atoms with Gasteiger partial charge in [0.1, 0.15) is 17.6 Å². The lowest BCUT2D eigenvalue weighted by Gasteiger charge is -2.23. The monoisotopic (exact) mass is 373 g/mol. The van der Waals surface area contributed by atoms with E-state index >= 15 is 0 Å². The summed E-state index contributed by atoms with van der Waals surface area (Å²) in [4.78, 5) is 32.1. The average Bonchev–Trinajstić information content (AvgIpc) is 3.49. The number of hydrogen-bond donors (Lipinski definition) is 0. The van der Waals surface area contributed by atoms with E-state index in [1.807, 2.05) is 53.4 Å². The van der Waals surface area contributed by atoms with Crippen molar-refractivity contribution in [1.29, 1.82) is 0 Å². The Balaban J connectivity index is 1.45. The molecule has 6 nitrogen and oxygen atoms in total. The van der Waals surface area contributed by atoms with E-state index in [1.54, 1.807) is 6.07 Å². The Kier molecular flexibility index (Phi) is 3.97. The molecule has 0 unspecified atom stereocenters. The first kappa shape index (κ1) is 16.7. The minimum Gasteiger partial charge on any atom is -0.448 e. The highest BCUT2D eigenvalue weighted by Crippen LogP contribution is 2.29. The maximum atomic E-state index is 13.0. The lowest BCUT2D eigenvalue weighted by atomic mass is 10.2. The molecule has 4 aromatic rings. The molecule has 1 saturated carbocycles. The summed E-state index contributed by atoms with van der Waals surface area (Å²) >= 11 is 0. The van der Waals surface area contributed by atoms with Crippen LogP contribution in [0.25, 0.3) is 22.1 Å². The van der Waals surface area contributed by atoms with Crippen molar-refractivity contribution < 1.29 is 9.21 Å². The van der Waals surface area contributed by atoms with Crippen molar-refractivity contribution in [3.05, 3.63) is 76.8 Å². The summed E-state index contributed by atoms with van der Waals surface area (Å²) in [5.74, 6) is -0.0780. The standard InChI is InChI=1S/C22H19N3O3/c26-19(25(16-10-11-16)12-15-6-2-1-3-7-15)13-24-14-23-20-17-8-4-5-9-18(17)28-21(20)22(24)27/h1-9,14,16H,10-13H2. The Morgan fingerprint density at radius 3 is 2.64 bits per heavy atom. The molecule has 0 radical (unpaired) electrons. The van der Waals surface area contributed by atoms with E-state index < -0.39 is 0 Å². The third-order valence-corrected chi connectivity index (χ3v) is 5.16. The molecule has 1 aliphatic carbocycles. The molecule has 1 aliphatic rings. The van der Waals surface area contributed by atoms with Crippen molar-refractivity contribution in [1.82, 2.24) is 14.5 Å². The van der Waals surface area contributed by atoms with Gasteiger partial charge in [-0.05, 0) is 30.5 Å². The van der Waals surface area contributed by atoms with E-state index in [9.17, 15) is 9.59 Å². The Morgan fingerprint density at radius 2 is 1.86 bits per heavy atom. The lowest BCUT2D eigenvalue weighted by Crippen LogP contribution is -2.37. The van der Waals surface area contributed by atoms with Crippen molar-refractivity contribution in [2.24, 2.45) is 0 Å². The normalized spacial score (nSPS) is 13.9. The van der Waals surface area contributed by atoms with Gasteiger partial charge in [0.15, 0.2) is 0 Å². The zero-order valence-electron chi connectivity index (χ0n) is 15.2. The highest BCUT2D eigenvalue weighted by Gasteiger charge is 2.32. The van der Waals surface area contributed by atoms with Crippen LogP contribution in [-0.4, -0.2) is 26.4 Å². The molecule has 0 saturated heterocycles. The highest BCUT2D eigenvalue weighted by atomic mass is 16.3. The van der Waals surface area contributed by atoms with E-state index in [-0.39, 0.29) is 29.6 Å². The van der Waals surface area contributed by atoms with E-state index in [0.29, 0.717) is 17.6 Å². The smallest absolute Gasteiger partial charge is 0.297 e. The van der Waals surface area contributed by atoms with Gasteiger partial charge in [-0.25, -0.2) is 4.98 Å². The Hall–Kier alpha value is -3.41. The van der Waals surface area contributed by atoms with Crippen LogP contribution in [0.2, 0.25) is 0 Å². The molecule has 0 atom stereocenters. The number of benzene rings is 2. The first-order valence-corrected chi connectivity index (χ1v) is 9.41. The first-order chi connectivity index (χ1) is 13.7. The predicted molar refractivity (Wildman–Crippen MR) is 106 cm³/mol. The third kappa shape index (κ3) is 2.97. The van der Waals surface area contributed by atoms with Crippen molar-refractivity contribution in [2.75, 3.05) is 0 Å². The van der Waals surface area contributed by atoms with E-state index in [0.717, 1.165) is 23.8 Å². The number of furan rings is 1. The fourth-order valence-electron chi connectivity index (χ4n) is 3.55. The molecule has 1 amide bonds. The summed E-state index contributed by atoms with van der Waals surface area (Å²) < 4.78 is 7.04. The van der Waals surface area contributed by atoms with Crippen LogP contribution in [0.5, 0.6) is 0 Å². The highest BCUT2D eigenvalue weighted by molar-refractivity contribution is 6.01. The molecule has 0 bridgehead atoms. The van der Waals surface area contributed by atoms with Gasteiger partial charge in [0.25, 0.3) is 5.56 Å². The molecule has 2 heterocycles. The number of nitrogens with zero attached hydrogens (tertiary/aromatic N) is 3. The Bertz CT molecular complexity index is 1220. The maximum Gasteiger partial charge on any atom is 0.297 e. The fourth-order valence-corrected chi connectivity index (χ4v) is 3.55. The average molecular weight is 373 g/mol. The van der Waals surface area contributed by atoms with Crippen LogP contribution in [0.1, 0.15) is 18.4 Å². The minimum absolute atomic E-state index is 0.0395. The Morgan fingerprint density at radius 1 is 1.11 bits per heavy atom. The number of hydrogen-bond acceptors (Lipinski definition) is 4. The van der Waals surface area contributed by atoms with Gasteiger partial charge in [-0.3, -0.25) is 14.2 Å². The second-order valence-corrected chi connectivity index (χ2v) is 7.19. The topological polar surface area (TPSA) is 68.3 Å². The second-order valence-electron chi connectivity index (χ2n) is 7.19.